The SMILES string of the molecule is C=C1CN=C(c2ccc(NC(N)=NS(C)(=O)=O)c(C)c2)C(C)C1. The highest BCUT2D eigenvalue weighted by atomic mass is 32.2. The highest BCUT2D eigenvalue weighted by Crippen LogP contribution is 2.25. The molecule has 3 N–H and O–H groups in total. The van der Waals surface area contributed by atoms with Gasteiger partial charge >= 0.3 is 0 Å². The molecule has 0 fully saturated rings. The first kappa shape index (κ1) is 17.2. The molecule has 1 atom stereocenters. The van der Waals surface area contributed by atoms with Crippen molar-refractivity contribution in [3.8, 4) is 0 Å². The molecular weight excluding hydrogens is 312 g/mol. The Labute approximate surface area is 137 Å². The summed E-state index contributed by atoms with van der Waals surface area (Å²) in [5, 5.41) is 2.81. The summed E-state index contributed by atoms with van der Waals surface area (Å²) in [4.78, 5) is 4.61. The summed E-state index contributed by atoms with van der Waals surface area (Å²) in [5.74, 6) is 0.189. The Morgan fingerprint density at radius 1 is 1.48 bits per heavy atom. The first-order valence-electron chi connectivity index (χ1n) is 7.30. The average molecular weight is 334 g/mol. The maximum atomic E-state index is 11.1. The third kappa shape index (κ3) is 4.66. The van der Waals surface area contributed by atoms with Crippen molar-refractivity contribution in [1.82, 2.24) is 0 Å². The van der Waals surface area contributed by atoms with Crippen molar-refractivity contribution in [2.75, 3.05) is 18.1 Å². The second-order valence-corrected chi connectivity index (χ2v) is 7.57. The van der Waals surface area contributed by atoms with Crippen LogP contribution in [0.15, 0.2) is 39.7 Å². The van der Waals surface area contributed by atoms with E-state index in [0.717, 1.165) is 35.1 Å². The molecule has 0 spiro atoms. The maximum Gasteiger partial charge on any atom is 0.253 e. The van der Waals surface area contributed by atoms with Crippen LogP contribution in [0.25, 0.3) is 0 Å². The van der Waals surface area contributed by atoms with Crippen molar-refractivity contribution < 1.29 is 8.42 Å². The number of nitrogens with two attached hydrogens (primary N) is 1. The van der Waals surface area contributed by atoms with Crippen molar-refractivity contribution in [2.45, 2.75) is 20.3 Å². The Hall–Kier alpha value is -2.15. The number of nitrogens with zero attached hydrogens (tertiary/aromatic N) is 2. The lowest BCUT2D eigenvalue weighted by atomic mass is 9.89. The molecule has 1 aliphatic heterocycles. The largest absolute Gasteiger partial charge is 0.369 e. The Kier molecular flexibility index (Phi) is 4.89. The predicted octanol–water partition coefficient (Wildman–Crippen LogP) is 2.07. The van der Waals surface area contributed by atoms with Gasteiger partial charge in [0, 0.05) is 17.3 Å². The van der Waals surface area contributed by atoms with E-state index in [4.69, 9.17) is 5.73 Å². The van der Waals surface area contributed by atoms with E-state index < -0.39 is 10.0 Å². The second-order valence-electron chi connectivity index (χ2n) is 5.92. The summed E-state index contributed by atoms with van der Waals surface area (Å²) in [6.45, 7) is 8.73. The number of hydrogen-bond acceptors (Lipinski definition) is 3. The van der Waals surface area contributed by atoms with Gasteiger partial charge in [0.1, 0.15) is 0 Å². The van der Waals surface area contributed by atoms with Crippen LogP contribution in [-0.4, -0.2) is 32.9 Å². The molecule has 0 aromatic heterocycles. The standard InChI is InChI=1S/C16H22N4O2S/c1-10-7-12(3)15(18-9-10)13-5-6-14(11(2)8-13)19-16(17)20-23(4,21)22/h5-6,8,12H,1,7,9H2,2-4H3,(H3,17,19,20). The highest BCUT2D eigenvalue weighted by Gasteiger charge is 2.18. The number of guanidine groups is 1. The van der Waals surface area contributed by atoms with Crippen molar-refractivity contribution >= 4 is 27.4 Å². The van der Waals surface area contributed by atoms with Crippen molar-refractivity contribution in [2.24, 2.45) is 21.0 Å². The van der Waals surface area contributed by atoms with Crippen LogP contribution in [0.3, 0.4) is 0 Å². The fourth-order valence-electron chi connectivity index (χ4n) is 2.63. The minimum Gasteiger partial charge on any atom is -0.369 e. The number of anilines is 1. The van der Waals surface area contributed by atoms with Crippen molar-refractivity contribution in [1.29, 1.82) is 0 Å². The van der Waals surface area contributed by atoms with E-state index in [1.807, 2.05) is 25.1 Å². The normalized spacial score (nSPS) is 19.4. The number of nitrogens with one attached hydrogen (secondary N) is 1. The van der Waals surface area contributed by atoms with Gasteiger partial charge in [0.25, 0.3) is 10.0 Å². The predicted molar refractivity (Wildman–Crippen MR) is 95.6 cm³/mol. The second kappa shape index (κ2) is 6.54. The molecule has 0 aliphatic carbocycles. The number of aliphatic imine (C=N–C) groups is 1. The molecule has 0 saturated heterocycles. The first-order valence-corrected chi connectivity index (χ1v) is 9.15. The van der Waals surface area contributed by atoms with E-state index in [0.29, 0.717) is 18.2 Å². The van der Waals surface area contributed by atoms with E-state index >= 15 is 0 Å². The molecule has 0 amide bonds. The van der Waals surface area contributed by atoms with Gasteiger partial charge in [0.05, 0.1) is 12.8 Å². The average Bonchev–Trinajstić information content (AvgIpc) is 2.39. The van der Waals surface area contributed by atoms with Crippen LogP contribution in [0.4, 0.5) is 5.69 Å². The molecule has 1 aromatic rings. The highest BCUT2D eigenvalue weighted by molar-refractivity contribution is 7.89. The van der Waals surface area contributed by atoms with Gasteiger partial charge in [-0.3, -0.25) is 4.99 Å². The van der Waals surface area contributed by atoms with Gasteiger partial charge in [0.2, 0.25) is 5.96 Å². The lowest BCUT2D eigenvalue weighted by molar-refractivity contribution is 0.603. The maximum absolute atomic E-state index is 11.1. The van der Waals surface area contributed by atoms with E-state index in [1.54, 1.807) is 0 Å². The molecule has 124 valence electrons. The first-order chi connectivity index (χ1) is 10.7. The summed E-state index contributed by atoms with van der Waals surface area (Å²) >= 11 is 0. The molecule has 1 aliphatic rings. The van der Waals surface area contributed by atoms with Crippen LogP contribution in [-0.2, 0) is 10.0 Å². The summed E-state index contributed by atoms with van der Waals surface area (Å²) in [7, 11) is -3.52. The fraction of sp³-hybridized carbons (Fsp3) is 0.375. The zero-order valence-corrected chi connectivity index (χ0v) is 14.4. The third-order valence-corrected chi connectivity index (χ3v) is 4.11. The molecule has 0 saturated carbocycles. The summed E-state index contributed by atoms with van der Waals surface area (Å²) in [6.07, 6.45) is 1.94. The van der Waals surface area contributed by atoms with E-state index in [2.05, 4.69) is 28.2 Å². The Morgan fingerprint density at radius 2 is 2.17 bits per heavy atom. The smallest absolute Gasteiger partial charge is 0.253 e. The van der Waals surface area contributed by atoms with Crippen LogP contribution in [0.5, 0.6) is 0 Å². The summed E-state index contributed by atoms with van der Waals surface area (Å²) < 4.78 is 25.6. The monoisotopic (exact) mass is 334 g/mol. The topological polar surface area (TPSA) is 96.9 Å². The number of hydrogen-bond donors (Lipinski definition) is 2. The lowest BCUT2D eigenvalue weighted by Crippen LogP contribution is -2.24. The molecule has 1 aromatic carbocycles. The van der Waals surface area contributed by atoms with Crippen molar-refractivity contribution in [3.63, 3.8) is 0 Å². The minimum absolute atomic E-state index is 0.150. The van der Waals surface area contributed by atoms with Gasteiger partial charge in [-0.15, -0.1) is 4.40 Å². The zero-order valence-electron chi connectivity index (χ0n) is 13.6. The molecule has 1 unspecified atom stereocenters. The van der Waals surface area contributed by atoms with Gasteiger partial charge in [0.15, 0.2) is 0 Å². The van der Waals surface area contributed by atoms with Gasteiger partial charge in [-0.05, 0) is 36.6 Å². The van der Waals surface area contributed by atoms with Crippen LogP contribution in [0, 0.1) is 12.8 Å². The number of aryl methyl sites for hydroxylation is 1. The molecule has 0 bridgehead atoms. The summed E-state index contributed by atoms with van der Waals surface area (Å²) in [5.41, 5.74) is 10.5. The van der Waals surface area contributed by atoms with Gasteiger partial charge < -0.3 is 11.1 Å². The number of sulfonamides is 1. The van der Waals surface area contributed by atoms with Crippen LogP contribution in [0.1, 0.15) is 24.5 Å². The molecular formula is C16H22N4O2S. The van der Waals surface area contributed by atoms with Crippen LogP contribution < -0.4 is 11.1 Å². The number of rotatable bonds is 3. The number of benzene rings is 1. The van der Waals surface area contributed by atoms with E-state index in [1.165, 1.54) is 0 Å². The van der Waals surface area contributed by atoms with Gasteiger partial charge in [-0.1, -0.05) is 25.1 Å². The van der Waals surface area contributed by atoms with Crippen molar-refractivity contribution in [3.05, 3.63) is 41.5 Å². The van der Waals surface area contributed by atoms with E-state index in [-0.39, 0.29) is 5.96 Å². The van der Waals surface area contributed by atoms with E-state index in [9.17, 15) is 8.42 Å². The lowest BCUT2D eigenvalue weighted by Gasteiger charge is -2.22. The van der Waals surface area contributed by atoms with Gasteiger partial charge in [-0.2, -0.15) is 0 Å². The quantitative estimate of drug-likeness (QED) is 0.502. The molecule has 2 rings (SSSR count). The van der Waals surface area contributed by atoms with Crippen LogP contribution >= 0.6 is 0 Å². The fourth-order valence-corrected chi connectivity index (χ4v) is 3.03. The minimum atomic E-state index is -3.52. The molecule has 23 heavy (non-hydrogen) atoms. The molecule has 6 nitrogen and oxygen atoms in total. The Balaban J connectivity index is 2.25. The third-order valence-electron chi connectivity index (χ3n) is 3.58. The van der Waals surface area contributed by atoms with Crippen LogP contribution in [0.2, 0.25) is 0 Å². The summed E-state index contributed by atoms with van der Waals surface area (Å²) in [6, 6.07) is 5.82. The molecule has 0 radical (unpaired) electrons. The molecule has 1 heterocycles. The Bertz CT molecular complexity index is 794. The van der Waals surface area contributed by atoms with Gasteiger partial charge in [-0.25, -0.2) is 8.42 Å². The molecule has 7 heteroatoms. The zero-order chi connectivity index (χ0) is 17.2. The Morgan fingerprint density at radius 3 is 2.74 bits per heavy atom.